The van der Waals surface area contributed by atoms with Gasteiger partial charge in [-0.1, -0.05) is 12.1 Å². The number of allylic oxidation sites excluding steroid dienone is 2. The summed E-state index contributed by atoms with van der Waals surface area (Å²) in [5, 5.41) is 44.6. The number of nitrogens with one attached hydrogen (secondary N) is 1. The van der Waals surface area contributed by atoms with Gasteiger partial charge in [-0.15, -0.1) is 0 Å². The van der Waals surface area contributed by atoms with Gasteiger partial charge in [-0.2, -0.15) is 20.4 Å². The zero-order chi connectivity index (χ0) is 23.6. The second kappa shape index (κ2) is 8.94. The molecule has 2 heterocycles. The predicted molar refractivity (Wildman–Crippen MR) is 119 cm³/mol. The van der Waals surface area contributed by atoms with Crippen molar-refractivity contribution in [3.05, 3.63) is 71.2 Å². The smallest absolute Gasteiger partial charge is 0.216 e. The normalized spacial score (nSPS) is 24.4. The molecule has 0 bridgehead atoms. The molecule has 2 aromatic rings. The lowest BCUT2D eigenvalue weighted by molar-refractivity contribution is -0.742. The van der Waals surface area contributed by atoms with Crippen LogP contribution >= 0.6 is 0 Å². The van der Waals surface area contributed by atoms with Gasteiger partial charge in [0.15, 0.2) is 18.3 Å². The number of ether oxygens (including phenoxy) is 1. The molecule has 3 atom stereocenters. The van der Waals surface area contributed by atoms with Crippen LogP contribution in [0.3, 0.4) is 0 Å². The Hall–Kier alpha value is -3.86. The van der Waals surface area contributed by atoms with Crippen LogP contribution in [-0.4, -0.2) is 17.4 Å². The Labute approximate surface area is 193 Å². The molecule has 7 nitrogen and oxygen atoms in total. The summed E-state index contributed by atoms with van der Waals surface area (Å²) in [6, 6.07) is 17.0. The fourth-order valence-electron chi connectivity index (χ4n) is 4.70. The van der Waals surface area contributed by atoms with Crippen molar-refractivity contribution in [2.24, 2.45) is 11.8 Å². The standard InChI is InChI=1S/C26H26N5O2/c1-3-33-21-8-4-18(5-9-21)23-22(16-29)24(19(14-27)15-28)30-26(32,20-6-7-20)25(23)31-12-10-17(2)11-13-31/h4-5,8-13,19-20,23,25,30,32H,3,6-7H2,1-2H3/q+1. The third-order valence-electron chi connectivity index (χ3n) is 6.46. The molecule has 3 unspecified atom stereocenters. The molecule has 1 aliphatic carbocycles. The Morgan fingerprint density at radius 1 is 1.12 bits per heavy atom. The number of hydrogen-bond acceptors (Lipinski definition) is 6. The van der Waals surface area contributed by atoms with E-state index in [2.05, 4.69) is 11.4 Å². The lowest BCUT2D eigenvalue weighted by atomic mass is 9.73. The predicted octanol–water partition coefficient (Wildman–Crippen LogP) is 3.15. The Morgan fingerprint density at radius 3 is 2.27 bits per heavy atom. The molecule has 4 rings (SSSR count). The first-order chi connectivity index (χ1) is 16.0. The Morgan fingerprint density at radius 2 is 1.76 bits per heavy atom. The van der Waals surface area contributed by atoms with Gasteiger partial charge in [0.2, 0.25) is 11.8 Å². The van der Waals surface area contributed by atoms with Crippen LogP contribution in [-0.2, 0) is 0 Å². The van der Waals surface area contributed by atoms with E-state index in [4.69, 9.17) is 4.74 Å². The monoisotopic (exact) mass is 440 g/mol. The van der Waals surface area contributed by atoms with Gasteiger partial charge in [0.05, 0.1) is 42.0 Å². The van der Waals surface area contributed by atoms with Crippen molar-refractivity contribution in [3.63, 3.8) is 0 Å². The first kappa shape index (κ1) is 22.3. The van der Waals surface area contributed by atoms with Gasteiger partial charge in [0, 0.05) is 18.1 Å². The third kappa shape index (κ3) is 4.02. The van der Waals surface area contributed by atoms with Gasteiger partial charge < -0.3 is 15.2 Å². The fraction of sp³-hybridized carbons (Fsp3) is 0.385. The summed E-state index contributed by atoms with van der Waals surface area (Å²) in [7, 11) is 0. The van der Waals surface area contributed by atoms with Gasteiger partial charge in [0.1, 0.15) is 5.75 Å². The Bertz CT molecular complexity index is 1170. The van der Waals surface area contributed by atoms with Crippen molar-refractivity contribution in [2.75, 3.05) is 6.61 Å². The van der Waals surface area contributed by atoms with Crippen LogP contribution in [0.1, 0.15) is 42.9 Å². The molecule has 1 fully saturated rings. The summed E-state index contributed by atoms with van der Waals surface area (Å²) in [5.41, 5.74) is 0.940. The molecule has 1 aromatic heterocycles. The number of benzene rings is 1. The highest BCUT2D eigenvalue weighted by atomic mass is 16.5. The van der Waals surface area contributed by atoms with E-state index in [1.54, 1.807) is 0 Å². The minimum Gasteiger partial charge on any atom is -0.494 e. The van der Waals surface area contributed by atoms with Crippen LogP contribution in [0.5, 0.6) is 5.75 Å². The SMILES string of the molecule is CCOc1ccc(C2C(C#N)=C(C(C#N)C#N)NC(O)(C3CC3)C2[n+]2ccc(C)cc2)cc1. The van der Waals surface area contributed by atoms with Crippen LogP contribution in [0.2, 0.25) is 0 Å². The molecule has 7 heteroatoms. The highest BCUT2D eigenvalue weighted by molar-refractivity contribution is 5.48. The second-order valence-electron chi connectivity index (χ2n) is 8.60. The Kier molecular flexibility index (Phi) is 6.05. The number of pyridine rings is 1. The van der Waals surface area contributed by atoms with Crippen LogP contribution in [0.25, 0.3) is 0 Å². The lowest BCUT2D eigenvalue weighted by Gasteiger charge is -2.43. The number of nitrogens with zero attached hydrogens (tertiary/aromatic N) is 4. The van der Waals surface area contributed by atoms with Crippen molar-refractivity contribution in [1.82, 2.24) is 5.32 Å². The maximum Gasteiger partial charge on any atom is 0.216 e. The van der Waals surface area contributed by atoms with Gasteiger partial charge >= 0.3 is 0 Å². The largest absolute Gasteiger partial charge is 0.494 e. The number of rotatable bonds is 6. The highest BCUT2D eigenvalue weighted by Gasteiger charge is 2.61. The topological polar surface area (TPSA) is 117 Å². The summed E-state index contributed by atoms with van der Waals surface area (Å²) < 4.78 is 7.51. The van der Waals surface area contributed by atoms with E-state index in [1.165, 1.54) is 0 Å². The van der Waals surface area contributed by atoms with Crippen LogP contribution in [0.4, 0.5) is 0 Å². The van der Waals surface area contributed by atoms with E-state index < -0.39 is 23.6 Å². The van der Waals surface area contributed by atoms with Crippen molar-refractivity contribution >= 4 is 0 Å². The van der Waals surface area contributed by atoms with E-state index >= 15 is 0 Å². The van der Waals surface area contributed by atoms with Gasteiger partial charge in [-0.25, -0.2) is 0 Å². The summed E-state index contributed by atoms with van der Waals surface area (Å²) in [6.45, 7) is 4.44. The van der Waals surface area contributed by atoms with E-state index in [9.17, 15) is 20.9 Å². The number of aromatic nitrogens is 1. The van der Waals surface area contributed by atoms with E-state index in [0.717, 1.165) is 24.0 Å². The summed E-state index contributed by atoms with van der Waals surface area (Å²) in [5.74, 6) is -1.10. The molecule has 2 aliphatic rings. The van der Waals surface area contributed by atoms with E-state index in [0.29, 0.717) is 12.4 Å². The molecule has 0 spiro atoms. The zero-order valence-electron chi connectivity index (χ0n) is 18.7. The summed E-state index contributed by atoms with van der Waals surface area (Å²) in [4.78, 5) is 0. The van der Waals surface area contributed by atoms with E-state index in [1.807, 2.05) is 79.3 Å². The van der Waals surface area contributed by atoms with Crippen LogP contribution in [0.15, 0.2) is 60.1 Å². The minimum absolute atomic E-state index is 0.0604. The van der Waals surface area contributed by atoms with Gasteiger partial charge in [-0.05, 0) is 49.9 Å². The van der Waals surface area contributed by atoms with Crippen LogP contribution in [0, 0.1) is 52.8 Å². The van der Waals surface area contributed by atoms with Crippen LogP contribution < -0.4 is 14.6 Å². The molecule has 33 heavy (non-hydrogen) atoms. The summed E-state index contributed by atoms with van der Waals surface area (Å²) >= 11 is 0. The average Bonchev–Trinajstić information content (AvgIpc) is 3.67. The summed E-state index contributed by atoms with van der Waals surface area (Å²) in [6.07, 6.45) is 5.45. The Balaban J connectivity index is 1.96. The maximum absolute atomic E-state index is 12.1. The first-order valence-corrected chi connectivity index (χ1v) is 11.1. The minimum atomic E-state index is -1.43. The molecule has 166 valence electrons. The van der Waals surface area contributed by atoms with Crippen molar-refractivity contribution < 1.29 is 14.4 Å². The fourth-order valence-corrected chi connectivity index (χ4v) is 4.70. The van der Waals surface area contributed by atoms with Gasteiger partial charge in [0.25, 0.3) is 0 Å². The highest BCUT2D eigenvalue weighted by Crippen LogP contribution is 2.52. The molecule has 0 saturated heterocycles. The molecule has 0 radical (unpaired) electrons. The second-order valence-corrected chi connectivity index (χ2v) is 8.60. The molecule has 1 aromatic carbocycles. The van der Waals surface area contributed by atoms with E-state index in [-0.39, 0.29) is 17.2 Å². The quantitative estimate of drug-likeness (QED) is 0.667. The van der Waals surface area contributed by atoms with Crippen molar-refractivity contribution in [3.8, 4) is 24.0 Å². The van der Waals surface area contributed by atoms with Gasteiger partial charge in [-0.3, -0.25) is 0 Å². The molecule has 1 saturated carbocycles. The first-order valence-electron chi connectivity index (χ1n) is 11.1. The molecular formula is C26H26N5O2+. The maximum atomic E-state index is 12.1. The molecule has 2 N–H and O–H groups in total. The number of aliphatic hydroxyl groups is 1. The third-order valence-corrected chi connectivity index (χ3v) is 6.46. The molecular weight excluding hydrogens is 414 g/mol. The molecule has 0 amide bonds. The molecule has 1 aliphatic heterocycles. The zero-order valence-corrected chi connectivity index (χ0v) is 18.7. The number of nitriles is 3. The van der Waals surface area contributed by atoms with Crippen molar-refractivity contribution in [2.45, 2.75) is 44.4 Å². The number of hydrogen-bond donors (Lipinski definition) is 2. The lowest BCUT2D eigenvalue weighted by Crippen LogP contribution is -2.66. The number of aryl methyl sites for hydroxylation is 1. The van der Waals surface area contributed by atoms with Crippen molar-refractivity contribution in [1.29, 1.82) is 15.8 Å². The average molecular weight is 441 g/mol.